The van der Waals surface area contributed by atoms with Crippen LogP contribution in [0.25, 0.3) is 0 Å². The van der Waals surface area contributed by atoms with E-state index in [0.29, 0.717) is 24.4 Å². The van der Waals surface area contributed by atoms with Crippen molar-refractivity contribution in [1.82, 2.24) is 20.4 Å². The molecule has 0 radical (unpaired) electrons. The molecule has 1 aromatic carbocycles. The number of piperidine rings is 1. The lowest BCUT2D eigenvalue weighted by Gasteiger charge is -2.32. The van der Waals surface area contributed by atoms with Gasteiger partial charge in [-0.15, -0.1) is 10.2 Å². The molecule has 0 aliphatic carbocycles. The molecule has 2 heterocycles. The average molecular weight is 286 g/mol. The number of aryl methyl sites for hydroxylation is 1. The van der Waals surface area contributed by atoms with Crippen molar-refractivity contribution in [3.8, 4) is 0 Å². The lowest BCUT2D eigenvalue weighted by atomic mass is 10.0. The van der Waals surface area contributed by atoms with Crippen LogP contribution in [-0.4, -0.2) is 34.2 Å². The number of hydrogen-bond donors (Lipinski definition) is 1. The van der Waals surface area contributed by atoms with E-state index in [0.717, 1.165) is 19.6 Å². The van der Waals surface area contributed by atoms with Gasteiger partial charge in [0, 0.05) is 19.5 Å². The number of hydrogen-bond acceptors (Lipinski definition) is 5. The van der Waals surface area contributed by atoms with E-state index in [2.05, 4.69) is 50.7 Å². The molecule has 21 heavy (non-hydrogen) atoms. The van der Waals surface area contributed by atoms with Crippen molar-refractivity contribution >= 4 is 0 Å². The molecular weight excluding hydrogens is 264 g/mol. The van der Waals surface area contributed by atoms with Gasteiger partial charge in [-0.05, 0) is 31.5 Å². The summed E-state index contributed by atoms with van der Waals surface area (Å²) in [4.78, 5) is 2.52. The Hall–Kier alpha value is -1.72. The summed E-state index contributed by atoms with van der Waals surface area (Å²) in [5.74, 6) is 1.31. The zero-order valence-corrected chi connectivity index (χ0v) is 12.5. The van der Waals surface area contributed by atoms with Gasteiger partial charge in [0.05, 0.1) is 6.54 Å². The Kier molecular flexibility index (Phi) is 4.62. The Morgan fingerprint density at radius 2 is 1.95 bits per heavy atom. The van der Waals surface area contributed by atoms with E-state index in [1.54, 1.807) is 0 Å². The third kappa shape index (κ3) is 4.12. The number of nitrogens with zero attached hydrogens (tertiary/aromatic N) is 3. The van der Waals surface area contributed by atoms with Gasteiger partial charge >= 0.3 is 0 Å². The Morgan fingerprint density at radius 3 is 2.62 bits per heavy atom. The lowest BCUT2D eigenvalue weighted by molar-refractivity contribution is 0.188. The number of aromatic nitrogens is 2. The summed E-state index contributed by atoms with van der Waals surface area (Å²) in [7, 11) is 0. The average Bonchev–Trinajstić information content (AvgIpc) is 2.93. The topological polar surface area (TPSA) is 54.2 Å². The highest BCUT2D eigenvalue weighted by molar-refractivity contribution is 5.14. The largest absolute Gasteiger partial charge is 0.424 e. The van der Waals surface area contributed by atoms with Gasteiger partial charge in [-0.25, -0.2) is 0 Å². The summed E-state index contributed by atoms with van der Waals surface area (Å²) in [6.07, 6.45) is 2.33. The third-order valence-electron chi connectivity index (χ3n) is 3.95. The highest BCUT2D eigenvalue weighted by atomic mass is 16.4. The molecule has 1 aromatic heterocycles. The molecule has 1 fully saturated rings. The number of likely N-dealkylation sites (tertiary alicyclic amines) is 1. The van der Waals surface area contributed by atoms with Crippen LogP contribution in [0.5, 0.6) is 0 Å². The molecule has 0 saturated carbocycles. The van der Waals surface area contributed by atoms with Gasteiger partial charge in [0.25, 0.3) is 0 Å². The molecule has 112 valence electrons. The minimum absolute atomic E-state index is 0.546. The molecule has 5 heteroatoms. The maximum absolute atomic E-state index is 5.38. The van der Waals surface area contributed by atoms with Gasteiger partial charge in [-0.2, -0.15) is 0 Å². The van der Waals surface area contributed by atoms with E-state index in [4.69, 9.17) is 4.42 Å². The van der Waals surface area contributed by atoms with E-state index in [-0.39, 0.29) is 0 Å². The molecule has 1 aliphatic heterocycles. The summed E-state index contributed by atoms with van der Waals surface area (Å²) in [5.41, 5.74) is 1.39. The Labute approximate surface area is 125 Å². The second-order valence-electron chi connectivity index (χ2n) is 5.63. The van der Waals surface area contributed by atoms with E-state index >= 15 is 0 Å². The molecule has 3 rings (SSSR count). The highest BCUT2D eigenvalue weighted by Gasteiger charge is 2.19. The zero-order chi connectivity index (χ0) is 14.5. The van der Waals surface area contributed by atoms with Gasteiger partial charge in [0.15, 0.2) is 0 Å². The fourth-order valence-corrected chi connectivity index (χ4v) is 2.78. The normalized spacial score (nSPS) is 17.2. The van der Waals surface area contributed by atoms with Crippen molar-refractivity contribution in [2.75, 3.05) is 13.1 Å². The molecule has 0 amide bonds. The van der Waals surface area contributed by atoms with E-state index in [1.807, 2.05) is 6.92 Å². The zero-order valence-electron chi connectivity index (χ0n) is 12.5. The van der Waals surface area contributed by atoms with Gasteiger partial charge < -0.3 is 9.73 Å². The highest BCUT2D eigenvalue weighted by Crippen LogP contribution is 2.14. The van der Waals surface area contributed by atoms with Crippen LogP contribution in [0.4, 0.5) is 0 Å². The second-order valence-corrected chi connectivity index (χ2v) is 5.63. The lowest BCUT2D eigenvalue weighted by Crippen LogP contribution is -2.41. The Morgan fingerprint density at radius 1 is 1.19 bits per heavy atom. The first-order valence-corrected chi connectivity index (χ1v) is 7.58. The maximum Gasteiger partial charge on any atom is 0.230 e. The fraction of sp³-hybridized carbons (Fsp3) is 0.500. The standard InChI is InChI=1S/C16H22N4O/c1-13-18-19-16(21-13)11-17-15-7-9-20(10-8-15)12-14-5-3-2-4-6-14/h2-6,15,17H,7-12H2,1H3. The van der Waals surface area contributed by atoms with Crippen LogP contribution < -0.4 is 5.32 Å². The van der Waals surface area contributed by atoms with Crippen LogP contribution >= 0.6 is 0 Å². The van der Waals surface area contributed by atoms with Crippen LogP contribution in [-0.2, 0) is 13.1 Å². The van der Waals surface area contributed by atoms with Crippen molar-refractivity contribution in [2.24, 2.45) is 0 Å². The van der Waals surface area contributed by atoms with Crippen LogP contribution in [0, 0.1) is 6.92 Å². The quantitative estimate of drug-likeness (QED) is 0.912. The van der Waals surface area contributed by atoms with Gasteiger partial charge in [-0.3, -0.25) is 4.90 Å². The minimum atomic E-state index is 0.546. The first-order valence-electron chi connectivity index (χ1n) is 7.58. The van der Waals surface area contributed by atoms with E-state index < -0.39 is 0 Å². The van der Waals surface area contributed by atoms with Gasteiger partial charge in [0.2, 0.25) is 11.8 Å². The molecule has 1 saturated heterocycles. The van der Waals surface area contributed by atoms with Crippen LogP contribution in [0.1, 0.15) is 30.2 Å². The van der Waals surface area contributed by atoms with Crippen molar-refractivity contribution in [3.63, 3.8) is 0 Å². The van der Waals surface area contributed by atoms with Gasteiger partial charge in [-0.1, -0.05) is 30.3 Å². The maximum atomic E-state index is 5.38. The van der Waals surface area contributed by atoms with Gasteiger partial charge in [0.1, 0.15) is 0 Å². The summed E-state index contributed by atoms with van der Waals surface area (Å²) in [6, 6.07) is 11.2. The molecule has 0 bridgehead atoms. The van der Waals surface area contributed by atoms with E-state index in [1.165, 1.54) is 18.4 Å². The second kappa shape index (κ2) is 6.83. The minimum Gasteiger partial charge on any atom is -0.424 e. The smallest absolute Gasteiger partial charge is 0.230 e. The molecular formula is C16H22N4O. The number of benzene rings is 1. The van der Waals surface area contributed by atoms with Crippen LogP contribution in [0.3, 0.4) is 0 Å². The molecule has 2 aromatic rings. The van der Waals surface area contributed by atoms with E-state index in [9.17, 15) is 0 Å². The third-order valence-corrected chi connectivity index (χ3v) is 3.95. The summed E-state index contributed by atoms with van der Waals surface area (Å²) in [5, 5.41) is 11.4. The summed E-state index contributed by atoms with van der Waals surface area (Å²) in [6.45, 7) is 5.81. The Bertz CT molecular complexity index is 546. The van der Waals surface area contributed by atoms with Crippen LogP contribution in [0.2, 0.25) is 0 Å². The fourth-order valence-electron chi connectivity index (χ4n) is 2.78. The van der Waals surface area contributed by atoms with Crippen molar-refractivity contribution < 1.29 is 4.42 Å². The Balaban J connectivity index is 1.40. The predicted octanol–water partition coefficient (Wildman–Crippen LogP) is 2.13. The number of nitrogens with one attached hydrogen (secondary N) is 1. The first-order chi connectivity index (χ1) is 10.3. The molecule has 0 spiro atoms. The summed E-state index contributed by atoms with van der Waals surface area (Å²) >= 11 is 0. The van der Waals surface area contributed by atoms with Crippen LogP contribution in [0.15, 0.2) is 34.7 Å². The molecule has 1 aliphatic rings. The monoisotopic (exact) mass is 286 g/mol. The molecule has 0 unspecified atom stereocenters. The number of rotatable bonds is 5. The first kappa shape index (κ1) is 14.2. The summed E-state index contributed by atoms with van der Waals surface area (Å²) < 4.78 is 5.38. The van der Waals surface area contributed by atoms with Crippen molar-refractivity contribution in [1.29, 1.82) is 0 Å². The van der Waals surface area contributed by atoms with Crippen molar-refractivity contribution in [3.05, 3.63) is 47.7 Å². The molecule has 5 nitrogen and oxygen atoms in total. The predicted molar refractivity (Wildman–Crippen MR) is 80.6 cm³/mol. The molecule has 0 atom stereocenters. The molecule has 1 N–H and O–H groups in total. The SMILES string of the molecule is Cc1nnc(CNC2CCN(Cc3ccccc3)CC2)o1. The van der Waals surface area contributed by atoms with Crippen molar-refractivity contribution in [2.45, 2.75) is 38.9 Å².